The predicted octanol–water partition coefficient (Wildman–Crippen LogP) is -0.895. The van der Waals surface area contributed by atoms with Crippen LogP contribution in [0.15, 0.2) is 9.98 Å². The van der Waals surface area contributed by atoms with Gasteiger partial charge in [0, 0.05) is 13.1 Å². The lowest BCUT2D eigenvalue weighted by Gasteiger charge is -2.20. The Bertz CT molecular complexity index is 265. The zero-order valence-electron chi connectivity index (χ0n) is 9.39. The van der Waals surface area contributed by atoms with Gasteiger partial charge >= 0.3 is 0 Å². The van der Waals surface area contributed by atoms with Gasteiger partial charge in [0.15, 0.2) is 11.8 Å². The molecule has 0 atom stereocenters. The second-order valence-electron chi connectivity index (χ2n) is 3.75. The molecule has 2 aliphatic heterocycles. The normalized spacial score (nSPS) is 19.4. The van der Waals surface area contributed by atoms with Crippen molar-refractivity contribution in [3.05, 3.63) is 0 Å². The van der Waals surface area contributed by atoms with Gasteiger partial charge in [0.2, 0.25) is 0 Å². The van der Waals surface area contributed by atoms with E-state index in [0.717, 1.165) is 31.4 Å². The summed E-state index contributed by atoms with van der Waals surface area (Å²) in [6.07, 6.45) is 0. The van der Waals surface area contributed by atoms with E-state index >= 15 is 0 Å². The summed E-state index contributed by atoms with van der Waals surface area (Å²) in [5.74, 6) is 1.60. The van der Waals surface area contributed by atoms with Gasteiger partial charge in [-0.2, -0.15) is 0 Å². The molecule has 6 nitrogen and oxygen atoms in total. The monoisotopic (exact) mass is 226 g/mol. The molecule has 2 heterocycles. The molecule has 2 N–H and O–H groups in total. The molecule has 0 aromatic heterocycles. The standard InChI is InChI=1S/C10H18N4O2/c11-1-4-14(7-9-12-2-5-15-9)8-10-13-3-6-16-10/h1-8,11H2. The number of rotatable bonds is 6. The fourth-order valence-corrected chi connectivity index (χ4v) is 1.73. The van der Waals surface area contributed by atoms with Crippen LogP contribution in [0.2, 0.25) is 0 Å². The summed E-state index contributed by atoms with van der Waals surface area (Å²) in [4.78, 5) is 10.7. The van der Waals surface area contributed by atoms with Gasteiger partial charge in [0.1, 0.15) is 13.2 Å². The van der Waals surface area contributed by atoms with Gasteiger partial charge in [-0.15, -0.1) is 0 Å². The molecule has 0 radical (unpaired) electrons. The Balaban J connectivity index is 1.83. The van der Waals surface area contributed by atoms with Crippen molar-refractivity contribution >= 4 is 11.8 Å². The number of nitrogens with zero attached hydrogens (tertiary/aromatic N) is 3. The summed E-state index contributed by atoms with van der Waals surface area (Å²) in [7, 11) is 0. The molecule has 0 amide bonds. The molecule has 0 aromatic rings. The second-order valence-corrected chi connectivity index (χ2v) is 3.75. The first-order valence-electron chi connectivity index (χ1n) is 5.63. The van der Waals surface area contributed by atoms with Gasteiger partial charge < -0.3 is 15.2 Å². The average molecular weight is 226 g/mol. The smallest absolute Gasteiger partial charge is 0.198 e. The quantitative estimate of drug-likeness (QED) is 0.637. The van der Waals surface area contributed by atoms with Crippen molar-refractivity contribution in [3.63, 3.8) is 0 Å². The van der Waals surface area contributed by atoms with Gasteiger partial charge in [-0.05, 0) is 0 Å². The first kappa shape index (κ1) is 11.3. The Morgan fingerprint density at radius 3 is 2.00 bits per heavy atom. The van der Waals surface area contributed by atoms with Gasteiger partial charge in [-0.3, -0.25) is 14.9 Å². The van der Waals surface area contributed by atoms with E-state index in [1.54, 1.807) is 0 Å². The van der Waals surface area contributed by atoms with Crippen LogP contribution in [-0.2, 0) is 9.47 Å². The van der Waals surface area contributed by atoms with E-state index in [1.165, 1.54) is 0 Å². The minimum absolute atomic E-state index is 0.612. The third kappa shape index (κ3) is 3.18. The lowest BCUT2D eigenvalue weighted by Crippen LogP contribution is -2.38. The number of aliphatic imine (C=N–C) groups is 2. The Hall–Kier alpha value is -1.14. The molecular weight excluding hydrogens is 208 g/mol. The molecule has 0 fully saturated rings. The van der Waals surface area contributed by atoms with E-state index in [-0.39, 0.29) is 0 Å². The summed E-state index contributed by atoms with van der Waals surface area (Å²) in [6, 6.07) is 0. The number of hydrogen-bond acceptors (Lipinski definition) is 6. The predicted molar refractivity (Wildman–Crippen MR) is 62.0 cm³/mol. The van der Waals surface area contributed by atoms with Crippen molar-refractivity contribution in [1.82, 2.24) is 4.90 Å². The van der Waals surface area contributed by atoms with Crippen LogP contribution in [-0.4, -0.2) is 69.2 Å². The van der Waals surface area contributed by atoms with E-state index < -0.39 is 0 Å². The van der Waals surface area contributed by atoms with Gasteiger partial charge in [0.05, 0.1) is 26.2 Å². The molecule has 6 heteroatoms. The van der Waals surface area contributed by atoms with E-state index in [1.807, 2.05) is 0 Å². The minimum Gasteiger partial charge on any atom is -0.478 e. The molecule has 0 spiro atoms. The molecule has 0 aromatic carbocycles. The summed E-state index contributed by atoms with van der Waals surface area (Å²) in [5.41, 5.74) is 5.57. The van der Waals surface area contributed by atoms with Crippen LogP contribution >= 0.6 is 0 Å². The molecule has 90 valence electrons. The molecule has 0 aliphatic carbocycles. The zero-order chi connectivity index (χ0) is 11.2. The Morgan fingerprint density at radius 2 is 1.62 bits per heavy atom. The molecule has 16 heavy (non-hydrogen) atoms. The molecule has 0 unspecified atom stereocenters. The Morgan fingerprint density at radius 1 is 1.06 bits per heavy atom. The van der Waals surface area contributed by atoms with Crippen LogP contribution < -0.4 is 5.73 Å². The second kappa shape index (κ2) is 5.81. The topological polar surface area (TPSA) is 72.4 Å². The van der Waals surface area contributed by atoms with Crippen LogP contribution in [0.5, 0.6) is 0 Å². The maximum atomic E-state index is 5.57. The third-order valence-corrected chi connectivity index (χ3v) is 2.46. The summed E-state index contributed by atoms with van der Waals surface area (Å²) < 4.78 is 10.8. The summed E-state index contributed by atoms with van der Waals surface area (Å²) in [6.45, 7) is 5.73. The van der Waals surface area contributed by atoms with Gasteiger partial charge in [-0.25, -0.2) is 0 Å². The highest BCUT2D eigenvalue weighted by Gasteiger charge is 2.17. The first-order valence-corrected chi connectivity index (χ1v) is 5.63. The van der Waals surface area contributed by atoms with Crippen molar-refractivity contribution in [2.45, 2.75) is 0 Å². The number of hydrogen-bond donors (Lipinski definition) is 1. The average Bonchev–Trinajstić information content (AvgIpc) is 2.91. The van der Waals surface area contributed by atoms with Crippen LogP contribution in [0.1, 0.15) is 0 Å². The lowest BCUT2D eigenvalue weighted by atomic mass is 10.4. The maximum Gasteiger partial charge on any atom is 0.198 e. The van der Waals surface area contributed by atoms with Crippen molar-refractivity contribution in [2.24, 2.45) is 15.7 Å². The van der Waals surface area contributed by atoms with Crippen molar-refractivity contribution in [3.8, 4) is 0 Å². The van der Waals surface area contributed by atoms with Crippen molar-refractivity contribution in [1.29, 1.82) is 0 Å². The zero-order valence-corrected chi connectivity index (χ0v) is 9.39. The highest BCUT2D eigenvalue weighted by molar-refractivity contribution is 5.82. The molecule has 0 saturated carbocycles. The van der Waals surface area contributed by atoms with E-state index in [0.29, 0.717) is 32.8 Å². The first-order chi connectivity index (χ1) is 7.88. The van der Waals surface area contributed by atoms with E-state index in [9.17, 15) is 0 Å². The largest absolute Gasteiger partial charge is 0.478 e. The minimum atomic E-state index is 0.612. The van der Waals surface area contributed by atoms with Gasteiger partial charge in [-0.1, -0.05) is 0 Å². The molecule has 2 aliphatic rings. The third-order valence-electron chi connectivity index (χ3n) is 2.46. The Labute approximate surface area is 95.1 Å². The Kier molecular flexibility index (Phi) is 4.12. The summed E-state index contributed by atoms with van der Waals surface area (Å²) >= 11 is 0. The highest BCUT2D eigenvalue weighted by atomic mass is 16.5. The highest BCUT2D eigenvalue weighted by Crippen LogP contribution is 2.01. The number of nitrogens with two attached hydrogens (primary N) is 1. The van der Waals surface area contributed by atoms with Crippen molar-refractivity contribution < 1.29 is 9.47 Å². The van der Waals surface area contributed by atoms with Crippen molar-refractivity contribution in [2.75, 3.05) is 52.5 Å². The van der Waals surface area contributed by atoms with Crippen LogP contribution in [0, 0.1) is 0 Å². The maximum absolute atomic E-state index is 5.57. The lowest BCUT2D eigenvalue weighted by molar-refractivity contribution is 0.274. The van der Waals surface area contributed by atoms with Crippen LogP contribution in [0.4, 0.5) is 0 Å². The van der Waals surface area contributed by atoms with E-state index in [2.05, 4.69) is 14.9 Å². The van der Waals surface area contributed by atoms with Crippen LogP contribution in [0.25, 0.3) is 0 Å². The van der Waals surface area contributed by atoms with Crippen LogP contribution in [0.3, 0.4) is 0 Å². The fourth-order valence-electron chi connectivity index (χ4n) is 1.73. The molecule has 0 bridgehead atoms. The number of ether oxygens (including phenoxy) is 2. The molecular formula is C10H18N4O2. The van der Waals surface area contributed by atoms with Gasteiger partial charge in [0.25, 0.3) is 0 Å². The molecule has 0 saturated heterocycles. The fraction of sp³-hybridized carbons (Fsp3) is 0.800. The molecule has 2 rings (SSSR count). The summed E-state index contributed by atoms with van der Waals surface area (Å²) in [5, 5.41) is 0. The SMILES string of the molecule is NCCN(CC1=NCCO1)CC1=NCCO1. The van der Waals surface area contributed by atoms with E-state index in [4.69, 9.17) is 15.2 Å².